The maximum atomic E-state index is 11.1. The summed E-state index contributed by atoms with van der Waals surface area (Å²) in [4.78, 5) is 11.1. The number of hydrogen-bond donors (Lipinski definition) is 1. The highest BCUT2D eigenvalue weighted by atomic mass is 16.5. The highest BCUT2D eigenvalue weighted by molar-refractivity contribution is 5.95. The Labute approximate surface area is 141 Å². The van der Waals surface area contributed by atoms with E-state index in [1.807, 2.05) is 25.2 Å². The van der Waals surface area contributed by atoms with Crippen LogP contribution in [0.5, 0.6) is 0 Å². The van der Waals surface area contributed by atoms with Gasteiger partial charge in [-0.05, 0) is 36.2 Å². The van der Waals surface area contributed by atoms with Gasteiger partial charge in [-0.1, -0.05) is 37.6 Å². The Kier molecular flexibility index (Phi) is 4.51. The van der Waals surface area contributed by atoms with E-state index in [1.165, 1.54) is 5.56 Å². The first-order chi connectivity index (χ1) is 11.6. The molecule has 0 saturated carbocycles. The van der Waals surface area contributed by atoms with Gasteiger partial charge in [0, 0.05) is 18.2 Å². The number of carbonyl (C=O) groups is 1. The fourth-order valence-electron chi connectivity index (χ4n) is 2.74. The number of hydrogen-bond acceptors (Lipinski definition) is 4. The quantitative estimate of drug-likeness (QED) is 0.912. The van der Waals surface area contributed by atoms with Crippen LogP contribution in [0.3, 0.4) is 0 Å². The molecule has 0 spiro atoms. The van der Waals surface area contributed by atoms with Crippen LogP contribution in [0.4, 0.5) is 0 Å². The molecule has 2 aromatic carbocycles. The Hall–Kier alpha value is -2.82. The van der Waals surface area contributed by atoms with Crippen molar-refractivity contribution >= 4 is 11.9 Å². The fraction of sp³-hybridized carbons (Fsp3) is 0.263. The molecule has 1 unspecified atom stereocenters. The Morgan fingerprint density at radius 3 is 2.67 bits per heavy atom. The minimum Gasteiger partial charge on any atom is -0.478 e. The maximum absolute atomic E-state index is 11.1. The standard InChI is InChI=1S/C19H20N2O3/c1-3-5-13-8-10-14(11-9-13)17-20-21(2)18(24-17)15-6-4-7-16(12-15)19(22)23/h4,6-12,18H,3,5H2,1-2H3,(H,22,23). The van der Waals surface area contributed by atoms with Crippen LogP contribution >= 0.6 is 0 Å². The van der Waals surface area contributed by atoms with Crippen LogP contribution in [0.15, 0.2) is 53.6 Å². The van der Waals surface area contributed by atoms with Crippen molar-refractivity contribution in [2.45, 2.75) is 26.0 Å². The fourth-order valence-corrected chi connectivity index (χ4v) is 2.74. The van der Waals surface area contributed by atoms with Gasteiger partial charge < -0.3 is 9.84 Å². The average molecular weight is 324 g/mol. The topological polar surface area (TPSA) is 62.1 Å². The van der Waals surface area contributed by atoms with Crippen LogP contribution in [0.25, 0.3) is 0 Å². The van der Waals surface area contributed by atoms with Crippen LogP contribution < -0.4 is 0 Å². The summed E-state index contributed by atoms with van der Waals surface area (Å²) in [5, 5.41) is 15.3. The van der Waals surface area contributed by atoms with E-state index in [1.54, 1.807) is 23.2 Å². The van der Waals surface area contributed by atoms with Crippen molar-refractivity contribution < 1.29 is 14.6 Å². The number of rotatable bonds is 5. The number of nitrogens with zero attached hydrogens (tertiary/aromatic N) is 2. The number of benzene rings is 2. The Morgan fingerprint density at radius 1 is 1.25 bits per heavy atom. The van der Waals surface area contributed by atoms with Gasteiger partial charge in [0.05, 0.1) is 5.56 Å². The van der Waals surface area contributed by atoms with Crippen molar-refractivity contribution in [1.82, 2.24) is 5.01 Å². The second-order valence-corrected chi connectivity index (χ2v) is 5.83. The number of hydrazone groups is 1. The lowest BCUT2D eigenvalue weighted by Gasteiger charge is -2.18. The molecule has 1 heterocycles. The molecule has 0 aliphatic carbocycles. The lowest BCUT2D eigenvalue weighted by molar-refractivity contribution is 0.0691. The zero-order valence-electron chi connectivity index (χ0n) is 13.8. The van der Waals surface area contributed by atoms with Gasteiger partial charge >= 0.3 is 5.97 Å². The maximum Gasteiger partial charge on any atom is 0.335 e. The predicted octanol–water partition coefficient (Wildman–Crippen LogP) is 3.66. The zero-order chi connectivity index (χ0) is 17.1. The summed E-state index contributed by atoms with van der Waals surface area (Å²) >= 11 is 0. The zero-order valence-corrected chi connectivity index (χ0v) is 13.8. The molecule has 1 aliphatic heterocycles. The molecule has 1 N–H and O–H groups in total. The molecule has 1 atom stereocenters. The number of carboxylic acid groups (broad SMARTS) is 1. The highest BCUT2D eigenvalue weighted by Crippen LogP contribution is 2.29. The van der Waals surface area contributed by atoms with E-state index in [2.05, 4.69) is 24.2 Å². The minimum absolute atomic E-state index is 0.238. The summed E-state index contributed by atoms with van der Waals surface area (Å²) in [6, 6.07) is 14.9. The van der Waals surface area contributed by atoms with Crippen molar-refractivity contribution in [2.75, 3.05) is 7.05 Å². The summed E-state index contributed by atoms with van der Waals surface area (Å²) in [6.45, 7) is 2.16. The third-order valence-corrected chi connectivity index (χ3v) is 3.97. The number of aromatic carboxylic acids is 1. The Balaban J connectivity index is 1.79. The molecule has 0 aromatic heterocycles. The molecule has 24 heavy (non-hydrogen) atoms. The molecule has 1 aliphatic rings. The van der Waals surface area contributed by atoms with E-state index in [-0.39, 0.29) is 5.56 Å². The monoisotopic (exact) mass is 324 g/mol. The molecule has 124 valence electrons. The van der Waals surface area contributed by atoms with Gasteiger partial charge in [-0.3, -0.25) is 5.01 Å². The first-order valence-corrected chi connectivity index (χ1v) is 7.99. The molecule has 5 heteroatoms. The van der Waals surface area contributed by atoms with Crippen LogP contribution in [-0.4, -0.2) is 29.0 Å². The van der Waals surface area contributed by atoms with Gasteiger partial charge in [0.2, 0.25) is 12.1 Å². The molecule has 0 amide bonds. The van der Waals surface area contributed by atoms with E-state index in [4.69, 9.17) is 9.84 Å². The smallest absolute Gasteiger partial charge is 0.335 e. The van der Waals surface area contributed by atoms with Crippen LogP contribution in [0, 0.1) is 0 Å². The summed E-state index contributed by atoms with van der Waals surface area (Å²) in [6.07, 6.45) is 1.74. The van der Waals surface area contributed by atoms with Crippen molar-refractivity contribution in [1.29, 1.82) is 0 Å². The van der Waals surface area contributed by atoms with Crippen molar-refractivity contribution in [3.8, 4) is 0 Å². The summed E-state index contributed by atoms with van der Waals surface area (Å²) < 4.78 is 5.96. The van der Waals surface area contributed by atoms with E-state index < -0.39 is 12.2 Å². The Morgan fingerprint density at radius 2 is 2.00 bits per heavy atom. The molecule has 5 nitrogen and oxygen atoms in total. The largest absolute Gasteiger partial charge is 0.478 e. The van der Waals surface area contributed by atoms with Crippen molar-refractivity contribution in [3.05, 3.63) is 70.8 Å². The normalized spacial score (nSPS) is 16.7. The second-order valence-electron chi connectivity index (χ2n) is 5.83. The van der Waals surface area contributed by atoms with Gasteiger partial charge in [-0.25, -0.2) is 4.79 Å². The van der Waals surface area contributed by atoms with Gasteiger partial charge in [-0.15, -0.1) is 5.10 Å². The number of aryl methyl sites for hydroxylation is 1. The molecule has 0 fully saturated rings. The van der Waals surface area contributed by atoms with Crippen LogP contribution in [0.2, 0.25) is 0 Å². The summed E-state index contributed by atoms with van der Waals surface area (Å²) in [5.74, 6) is -0.406. The van der Waals surface area contributed by atoms with Gasteiger partial charge in [0.25, 0.3) is 0 Å². The lowest BCUT2D eigenvalue weighted by Crippen LogP contribution is -2.16. The molecule has 3 rings (SSSR count). The Bertz CT molecular complexity index is 768. The minimum atomic E-state index is -0.954. The second kappa shape index (κ2) is 6.74. The lowest BCUT2D eigenvalue weighted by atomic mass is 10.1. The SMILES string of the molecule is CCCc1ccc(C2=NN(C)C(c3cccc(C(=O)O)c3)O2)cc1. The van der Waals surface area contributed by atoms with E-state index in [9.17, 15) is 4.79 Å². The number of carboxylic acids is 1. The van der Waals surface area contributed by atoms with Crippen LogP contribution in [-0.2, 0) is 11.2 Å². The molecule has 2 aromatic rings. The van der Waals surface area contributed by atoms with Crippen LogP contribution in [0.1, 0.15) is 46.6 Å². The van der Waals surface area contributed by atoms with E-state index in [0.717, 1.165) is 24.0 Å². The number of ether oxygens (including phenoxy) is 1. The van der Waals surface area contributed by atoms with Gasteiger partial charge in [0.15, 0.2) is 0 Å². The van der Waals surface area contributed by atoms with Crippen molar-refractivity contribution in [2.24, 2.45) is 5.10 Å². The molecule has 0 radical (unpaired) electrons. The van der Waals surface area contributed by atoms with Crippen molar-refractivity contribution in [3.63, 3.8) is 0 Å². The molecule has 0 bridgehead atoms. The van der Waals surface area contributed by atoms with Gasteiger partial charge in [-0.2, -0.15) is 0 Å². The first-order valence-electron chi connectivity index (χ1n) is 7.99. The third-order valence-electron chi connectivity index (χ3n) is 3.97. The molecular weight excluding hydrogens is 304 g/mol. The summed E-state index contributed by atoms with van der Waals surface area (Å²) in [7, 11) is 1.82. The average Bonchev–Trinajstić information content (AvgIpc) is 2.98. The highest BCUT2D eigenvalue weighted by Gasteiger charge is 2.28. The van der Waals surface area contributed by atoms with E-state index in [0.29, 0.717) is 5.90 Å². The first kappa shape index (κ1) is 16.1. The van der Waals surface area contributed by atoms with E-state index >= 15 is 0 Å². The predicted molar refractivity (Wildman–Crippen MR) is 92.0 cm³/mol. The molecule has 0 saturated heterocycles. The molecular formula is C19H20N2O3. The third kappa shape index (κ3) is 3.25. The van der Waals surface area contributed by atoms with Gasteiger partial charge in [0.1, 0.15) is 0 Å². The summed E-state index contributed by atoms with van der Waals surface area (Å²) in [5.41, 5.74) is 3.21.